The van der Waals surface area contributed by atoms with E-state index in [1.807, 2.05) is 84.7 Å². The second kappa shape index (κ2) is 9.43. The fourth-order valence-corrected chi connectivity index (χ4v) is 5.21. The summed E-state index contributed by atoms with van der Waals surface area (Å²) in [7, 11) is 6.76. The van der Waals surface area contributed by atoms with Crippen molar-refractivity contribution in [2.75, 3.05) is 26.1 Å². The van der Waals surface area contributed by atoms with Crippen molar-refractivity contribution in [3.8, 4) is 17.3 Å². The maximum absolute atomic E-state index is 13.5. The summed E-state index contributed by atoms with van der Waals surface area (Å²) in [6.45, 7) is 0.586. The van der Waals surface area contributed by atoms with Gasteiger partial charge in [0.15, 0.2) is 11.3 Å². The van der Waals surface area contributed by atoms with Crippen LogP contribution in [0.15, 0.2) is 82.0 Å². The predicted molar refractivity (Wildman–Crippen MR) is 148 cm³/mol. The van der Waals surface area contributed by atoms with Crippen LogP contribution in [0, 0.1) is 0 Å². The van der Waals surface area contributed by atoms with Crippen molar-refractivity contribution >= 4 is 23.0 Å². The van der Waals surface area contributed by atoms with Crippen LogP contribution >= 0.6 is 0 Å². The van der Waals surface area contributed by atoms with Gasteiger partial charge in [0, 0.05) is 33.3 Å². The molecule has 0 saturated carbocycles. The number of rotatable bonds is 6. The molecule has 0 radical (unpaired) electrons. The number of benzene rings is 3. The van der Waals surface area contributed by atoms with Gasteiger partial charge in [0.2, 0.25) is 11.7 Å². The van der Waals surface area contributed by atoms with Crippen LogP contribution in [-0.4, -0.2) is 46.5 Å². The first-order chi connectivity index (χ1) is 18.9. The molecule has 1 aliphatic rings. The zero-order chi connectivity index (χ0) is 27.3. The number of hydrogen-bond acceptors (Lipinski definition) is 7. The standard InChI is InChI=1S/C30H27N5O4/c1-33-17-20-15-14-19(16-21(20)28(33)36)25(18-10-6-5-7-11-18)34(2)30-32-24(26(38-4)29(37)35(30)3)27-31-22-12-8-9-13-23(22)39-27/h5-16,25H,17H2,1-4H3. The highest BCUT2D eigenvalue weighted by Crippen LogP contribution is 2.35. The minimum Gasteiger partial charge on any atom is -0.489 e. The molecule has 1 unspecified atom stereocenters. The van der Waals surface area contributed by atoms with Crippen molar-refractivity contribution in [2.24, 2.45) is 7.05 Å². The van der Waals surface area contributed by atoms with Gasteiger partial charge < -0.3 is 19.0 Å². The van der Waals surface area contributed by atoms with E-state index >= 15 is 0 Å². The van der Waals surface area contributed by atoms with Gasteiger partial charge in [-0.15, -0.1) is 0 Å². The predicted octanol–water partition coefficient (Wildman–Crippen LogP) is 4.41. The molecular formula is C30H27N5O4. The van der Waals surface area contributed by atoms with Gasteiger partial charge in [0.1, 0.15) is 5.52 Å². The van der Waals surface area contributed by atoms with Gasteiger partial charge in [0.05, 0.1) is 13.2 Å². The third kappa shape index (κ3) is 4.03. The Bertz CT molecular complexity index is 1740. The van der Waals surface area contributed by atoms with Crippen LogP contribution in [0.2, 0.25) is 0 Å². The first-order valence-corrected chi connectivity index (χ1v) is 12.5. The molecule has 0 N–H and O–H groups in total. The molecule has 1 aliphatic heterocycles. The Hall–Kier alpha value is -4.92. The summed E-state index contributed by atoms with van der Waals surface area (Å²) in [4.78, 5) is 39.4. The number of anilines is 1. The van der Waals surface area contributed by atoms with Crippen LogP contribution in [0.25, 0.3) is 22.7 Å². The summed E-state index contributed by atoms with van der Waals surface area (Å²) >= 11 is 0. The Morgan fingerprint density at radius 3 is 2.44 bits per heavy atom. The Morgan fingerprint density at radius 1 is 0.949 bits per heavy atom. The number of carbonyl (C=O) groups excluding carboxylic acids is 1. The molecule has 5 aromatic rings. The van der Waals surface area contributed by atoms with E-state index in [0.717, 1.165) is 16.7 Å². The highest BCUT2D eigenvalue weighted by atomic mass is 16.5. The Balaban J connectivity index is 1.53. The molecule has 0 spiro atoms. The molecule has 0 bridgehead atoms. The molecule has 0 aliphatic carbocycles. The van der Waals surface area contributed by atoms with Crippen LogP contribution in [0.4, 0.5) is 5.95 Å². The monoisotopic (exact) mass is 521 g/mol. The summed E-state index contributed by atoms with van der Waals surface area (Å²) in [5.74, 6) is 0.622. The van der Waals surface area contributed by atoms with E-state index in [9.17, 15) is 9.59 Å². The van der Waals surface area contributed by atoms with Crippen molar-refractivity contribution in [2.45, 2.75) is 12.6 Å². The third-order valence-corrected chi connectivity index (χ3v) is 7.18. The van der Waals surface area contributed by atoms with Crippen molar-refractivity contribution in [3.05, 3.63) is 105 Å². The van der Waals surface area contributed by atoms with Gasteiger partial charge in [-0.1, -0.05) is 54.6 Å². The van der Waals surface area contributed by atoms with E-state index in [1.165, 1.54) is 11.7 Å². The van der Waals surface area contributed by atoms with E-state index in [2.05, 4.69) is 4.98 Å². The molecule has 0 saturated heterocycles. The van der Waals surface area contributed by atoms with Gasteiger partial charge in [-0.3, -0.25) is 14.2 Å². The van der Waals surface area contributed by atoms with E-state index in [-0.39, 0.29) is 34.8 Å². The van der Waals surface area contributed by atoms with Crippen LogP contribution in [0.5, 0.6) is 5.75 Å². The Kier molecular flexibility index (Phi) is 5.91. The number of nitrogens with zero attached hydrogens (tertiary/aromatic N) is 5. The molecule has 6 rings (SSSR count). The third-order valence-electron chi connectivity index (χ3n) is 7.18. The average molecular weight is 522 g/mol. The van der Waals surface area contributed by atoms with E-state index < -0.39 is 0 Å². The lowest BCUT2D eigenvalue weighted by Crippen LogP contribution is -2.33. The number of ether oxygens (including phenoxy) is 1. The number of hydrogen-bond donors (Lipinski definition) is 0. The molecule has 1 atom stereocenters. The largest absolute Gasteiger partial charge is 0.489 e. The topological polar surface area (TPSA) is 93.7 Å². The molecule has 0 fully saturated rings. The highest BCUT2D eigenvalue weighted by molar-refractivity contribution is 5.98. The average Bonchev–Trinajstić information content (AvgIpc) is 3.51. The highest BCUT2D eigenvalue weighted by Gasteiger charge is 2.30. The SMILES string of the molecule is COc1c(-c2nc3ccccc3o2)nc(N(C)C(c2ccccc2)c2ccc3c(c2)C(=O)N(C)C3)n(C)c1=O. The molecule has 3 aromatic carbocycles. The second-order valence-corrected chi connectivity index (χ2v) is 9.65. The molecule has 9 nitrogen and oxygen atoms in total. The van der Waals surface area contributed by atoms with E-state index in [1.54, 1.807) is 19.0 Å². The molecule has 196 valence electrons. The Labute approximate surface area is 224 Å². The lowest BCUT2D eigenvalue weighted by Gasteiger charge is -2.31. The first-order valence-electron chi connectivity index (χ1n) is 12.5. The lowest BCUT2D eigenvalue weighted by atomic mass is 9.94. The fraction of sp³-hybridized carbons (Fsp3) is 0.200. The molecule has 9 heteroatoms. The summed E-state index contributed by atoms with van der Waals surface area (Å²) in [5.41, 5.74) is 4.65. The summed E-state index contributed by atoms with van der Waals surface area (Å²) in [5, 5.41) is 0. The summed E-state index contributed by atoms with van der Waals surface area (Å²) < 4.78 is 12.9. The minimum absolute atomic E-state index is 0.00506. The number of para-hydroxylation sites is 2. The van der Waals surface area contributed by atoms with E-state index in [0.29, 0.717) is 29.2 Å². The van der Waals surface area contributed by atoms with Crippen molar-refractivity contribution in [1.82, 2.24) is 19.4 Å². The smallest absolute Gasteiger partial charge is 0.297 e. The normalized spacial score (nSPS) is 13.5. The van der Waals surface area contributed by atoms with Gasteiger partial charge >= 0.3 is 0 Å². The first kappa shape index (κ1) is 24.4. The lowest BCUT2D eigenvalue weighted by molar-refractivity contribution is 0.0816. The maximum atomic E-state index is 13.5. The number of carbonyl (C=O) groups is 1. The second-order valence-electron chi connectivity index (χ2n) is 9.65. The number of fused-ring (bicyclic) bond motifs is 2. The van der Waals surface area contributed by atoms with Crippen LogP contribution in [-0.2, 0) is 13.6 Å². The minimum atomic E-state index is -0.371. The van der Waals surface area contributed by atoms with Crippen LogP contribution < -0.4 is 15.2 Å². The maximum Gasteiger partial charge on any atom is 0.297 e. The van der Waals surface area contributed by atoms with Gasteiger partial charge in [-0.25, -0.2) is 9.97 Å². The van der Waals surface area contributed by atoms with Crippen molar-refractivity contribution in [1.29, 1.82) is 0 Å². The van der Waals surface area contributed by atoms with Gasteiger partial charge in [0.25, 0.3) is 17.4 Å². The number of aromatic nitrogens is 3. The zero-order valence-corrected chi connectivity index (χ0v) is 22.1. The van der Waals surface area contributed by atoms with Crippen molar-refractivity contribution < 1.29 is 13.9 Å². The molecule has 39 heavy (non-hydrogen) atoms. The van der Waals surface area contributed by atoms with E-state index in [4.69, 9.17) is 14.1 Å². The Morgan fingerprint density at radius 2 is 1.69 bits per heavy atom. The quantitative estimate of drug-likeness (QED) is 0.327. The summed E-state index contributed by atoms with van der Waals surface area (Å²) in [6.07, 6.45) is 0. The summed E-state index contributed by atoms with van der Waals surface area (Å²) in [6, 6.07) is 22.9. The van der Waals surface area contributed by atoms with Crippen LogP contribution in [0.3, 0.4) is 0 Å². The van der Waals surface area contributed by atoms with Gasteiger partial charge in [-0.05, 0) is 34.9 Å². The number of amides is 1. The number of oxazole rings is 1. The zero-order valence-electron chi connectivity index (χ0n) is 22.1. The fourth-order valence-electron chi connectivity index (χ4n) is 5.21. The van der Waals surface area contributed by atoms with Gasteiger partial charge in [-0.2, -0.15) is 0 Å². The van der Waals surface area contributed by atoms with Crippen molar-refractivity contribution in [3.63, 3.8) is 0 Å². The molecule has 2 aromatic heterocycles. The molecule has 3 heterocycles. The van der Waals surface area contributed by atoms with Crippen LogP contribution in [0.1, 0.15) is 33.1 Å². The molecule has 1 amide bonds. The number of methoxy groups -OCH3 is 1. The molecular weight excluding hydrogens is 494 g/mol.